The van der Waals surface area contributed by atoms with Crippen LogP contribution in [-0.4, -0.2) is 69.1 Å². The lowest BCUT2D eigenvalue weighted by Crippen LogP contribution is -2.56. The summed E-state index contributed by atoms with van der Waals surface area (Å²) in [5, 5.41) is 16.5. The molecule has 3 fully saturated rings. The molecule has 0 aromatic heterocycles. The second-order valence-electron chi connectivity index (χ2n) is 11.5. The highest BCUT2D eigenvalue weighted by molar-refractivity contribution is 8.02. The van der Waals surface area contributed by atoms with Gasteiger partial charge in [0, 0.05) is 17.0 Å². The van der Waals surface area contributed by atoms with Crippen LogP contribution in [-0.2, 0) is 14.4 Å². The van der Waals surface area contributed by atoms with Gasteiger partial charge in [-0.25, -0.2) is 0 Å². The van der Waals surface area contributed by atoms with Crippen molar-refractivity contribution in [3.05, 3.63) is 24.3 Å². The minimum Gasteiger partial charge on any atom is -0.494 e. The summed E-state index contributed by atoms with van der Waals surface area (Å²) in [6.45, 7) is 11.0. The minimum atomic E-state index is -0.706. The largest absolute Gasteiger partial charge is 0.494 e. The van der Waals surface area contributed by atoms with Crippen molar-refractivity contribution in [3.63, 3.8) is 0 Å². The van der Waals surface area contributed by atoms with E-state index in [1.807, 2.05) is 32.9 Å². The summed E-state index contributed by atoms with van der Waals surface area (Å²) < 4.78 is 4.37. The second-order valence-corrected chi connectivity index (χ2v) is 13.4. The number of nitrogens with zero attached hydrogens (tertiary/aromatic N) is 1. The SMILES string of the molecule is CCCCNC(=O)C1N([C@@H](CO)CC(C)C)C(=O)[C@@H]2[C@@H](C(=O)Nc3ccc(OCC)cc3)[C@@]3(C)CCC12S3. The number of hydrogen-bond acceptors (Lipinski definition) is 6. The molecule has 0 radical (unpaired) electrons. The molecule has 8 nitrogen and oxygen atoms in total. The first-order valence-corrected chi connectivity index (χ1v) is 14.9. The molecular formula is C29H43N3O5S. The molecule has 3 amide bonds. The first-order chi connectivity index (χ1) is 18.1. The topological polar surface area (TPSA) is 108 Å². The predicted molar refractivity (Wildman–Crippen MR) is 150 cm³/mol. The van der Waals surface area contributed by atoms with E-state index in [4.69, 9.17) is 4.74 Å². The Balaban J connectivity index is 1.67. The number of carbonyl (C=O) groups excluding carboxylic acids is 3. The van der Waals surface area contributed by atoms with Crippen molar-refractivity contribution >= 4 is 35.2 Å². The summed E-state index contributed by atoms with van der Waals surface area (Å²) in [5.74, 6) is -0.760. The summed E-state index contributed by atoms with van der Waals surface area (Å²) in [6, 6.07) is 6.06. The van der Waals surface area contributed by atoms with Crippen LogP contribution < -0.4 is 15.4 Å². The van der Waals surface area contributed by atoms with Gasteiger partial charge in [-0.3, -0.25) is 14.4 Å². The number of nitrogens with one attached hydrogen (secondary N) is 2. The highest BCUT2D eigenvalue weighted by Gasteiger charge is 2.77. The van der Waals surface area contributed by atoms with E-state index in [0.717, 1.165) is 25.0 Å². The van der Waals surface area contributed by atoms with E-state index < -0.39 is 33.4 Å². The molecule has 3 saturated heterocycles. The molecule has 4 rings (SSSR count). The second kappa shape index (κ2) is 11.5. The van der Waals surface area contributed by atoms with Gasteiger partial charge in [-0.1, -0.05) is 27.2 Å². The van der Waals surface area contributed by atoms with Crippen LogP contribution in [0.3, 0.4) is 0 Å². The van der Waals surface area contributed by atoms with Gasteiger partial charge in [-0.2, -0.15) is 0 Å². The lowest BCUT2D eigenvalue weighted by atomic mass is 9.66. The third-order valence-electron chi connectivity index (χ3n) is 8.36. The molecule has 3 aliphatic rings. The van der Waals surface area contributed by atoms with E-state index in [2.05, 4.69) is 24.5 Å². The van der Waals surface area contributed by atoms with Crippen LogP contribution >= 0.6 is 11.8 Å². The Labute approximate surface area is 230 Å². The van der Waals surface area contributed by atoms with Crippen molar-refractivity contribution in [2.24, 2.45) is 17.8 Å². The average molecular weight is 546 g/mol. The highest BCUT2D eigenvalue weighted by Crippen LogP contribution is 2.71. The molecule has 6 atom stereocenters. The van der Waals surface area contributed by atoms with Crippen molar-refractivity contribution in [2.45, 2.75) is 88.3 Å². The Bertz CT molecular complexity index is 1030. The average Bonchev–Trinajstić information content (AvgIpc) is 3.44. The molecule has 2 bridgehead atoms. The number of benzene rings is 1. The van der Waals surface area contributed by atoms with Gasteiger partial charge >= 0.3 is 0 Å². The summed E-state index contributed by atoms with van der Waals surface area (Å²) >= 11 is 1.65. The van der Waals surface area contributed by atoms with Crippen LogP contribution in [0.2, 0.25) is 0 Å². The standard InChI is InChI=1S/C29H43N3O5S/c1-6-8-15-30-26(35)24-29-14-13-28(5,38-29)22(23(29)27(36)32(24)20(17-33)16-18(3)4)25(34)31-19-9-11-21(12-10-19)37-7-2/h9-12,18,20,22-24,33H,6-8,13-17H2,1-5H3,(H,30,35)(H,31,34)/t20-,22+,23+,24?,28-,29?/m1/s1. The number of likely N-dealkylation sites (tertiary alicyclic amines) is 1. The first kappa shape index (κ1) is 28.7. The van der Waals surface area contributed by atoms with E-state index >= 15 is 0 Å². The fourth-order valence-corrected chi connectivity index (χ4v) is 9.13. The van der Waals surface area contributed by atoms with Gasteiger partial charge in [0.15, 0.2) is 0 Å². The quantitative estimate of drug-likeness (QED) is 0.345. The maximum Gasteiger partial charge on any atom is 0.244 e. The van der Waals surface area contributed by atoms with Crippen LogP contribution in [0.25, 0.3) is 0 Å². The molecule has 3 aliphatic heterocycles. The highest BCUT2D eigenvalue weighted by atomic mass is 32.2. The minimum absolute atomic E-state index is 0.166. The van der Waals surface area contributed by atoms with E-state index in [9.17, 15) is 19.5 Å². The summed E-state index contributed by atoms with van der Waals surface area (Å²) in [4.78, 5) is 43.5. The normalized spacial score (nSPS) is 30.4. The Morgan fingerprint density at radius 2 is 1.89 bits per heavy atom. The number of ether oxygens (including phenoxy) is 1. The van der Waals surface area contributed by atoms with E-state index in [-0.39, 0.29) is 30.2 Å². The Morgan fingerprint density at radius 1 is 1.18 bits per heavy atom. The van der Waals surface area contributed by atoms with Crippen molar-refractivity contribution in [1.82, 2.24) is 10.2 Å². The third-order valence-corrected chi connectivity index (χ3v) is 10.3. The molecular weight excluding hydrogens is 502 g/mol. The Hall–Kier alpha value is -2.26. The Morgan fingerprint density at radius 3 is 2.50 bits per heavy atom. The first-order valence-electron chi connectivity index (χ1n) is 14.1. The molecule has 1 aromatic rings. The monoisotopic (exact) mass is 545 g/mol. The lowest BCUT2D eigenvalue weighted by molar-refractivity contribution is -0.142. The molecule has 3 N–H and O–H groups in total. The maximum atomic E-state index is 14.2. The van der Waals surface area contributed by atoms with Gasteiger partial charge in [0.2, 0.25) is 17.7 Å². The van der Waals surface area contributed by atoms with Crippen LogP contribution in [0, 0.1) is 17.8 Å². The smallest absolute Gasteiger partial charge is 0.244 e. The van der Waals surface area contributed by atoms with Crippen molar-refractivity contribution in [1.29, 1.82) is 0 Å². The van der Waals surface area contributed by atoms with Crippen molar-refractivity contribution < 1.29 is 24.2 Å². The van der Waals surface area contributed by atoms with Crippen LogP contribution in [0.1, 0.15) is 66.7 Å². The van der Waals surface area contributed by atoms with E-state index in [1.165, 1.54) is 0 Å². The number of amides is 3. The van der Waals surface area contributed by atoms with Crippen LogP contribution in [0.15, 0.2) is 24.3 Å². The molecule has 38 heavy (non-hydrogen) atoms. The summed E-state index contributed by atoms with van der Waals surface area (Å²) in [6.07, 6.45) is 3.85. The summed E-state index contributed by atoms with van der Waals surface area (Å²) in [7, 11) is 0. The zero-order valence-corrected chi connectivity index (χ0v) is 24.1. The molecule has 3 heterocycles. The number of aliphatic hydroxyl groups is 1. The molecule has 1 spiro atoms. The number of unbranched alkanes of at least 4 members (excludes halogenated alkanes) is 1. The van der Waals surface area contributed by atoms with Gasteiger partial charge in [0.25, 0.3) is 0 Å². The summed E-state index contributed by atoms with van der Waals surface area (Å²) in [5.41, 5.74) is 0.646. The Kier molecular flexibility index (Phi) is 8.67. The fourth-order valence-electron chi connectivity index (χ4n) is 6.78. The predicted octanol–water partition coefficient (Wildman–Crippen LogP) is 3.83. The van der Waals surface area contributed by atoms with Gasteiger partial charge in [0.05, 0.1) is 35.8 Å². The fraction of sp³-hybridized carbons (Fsp3) is 0.690. The van der Waals surface area contributed by atoms with Gasteiger partial charge in [-0.15, -0.1) is 11.8 Å². The maximum absolute atomic E-state index is 14.2. The van der Waals surface area contributed by atoms with Crippen LogP contribution in [0.4, 0.5) is 5.69 Å². The number of rotatable bonds is 12. The van der Waals surface area contributed by atoms with Gasteiger partial charge < -0.3 is 25.4 Å². The number of carbonyl (C=O) groups is 3. The zero-order valence-electron chi connectivity index (χ0n) is 23.3. The number of thioether (sulfide) groups is 1. The van der Waals surface area contributed by atoms with E-state index in [0.29, 0.717) is 31.7 Å². The van der Waals surface area contributed by atoms with Crippen molar-refractivity contribution in [2.75, 3.05) is 25.1 Å². The molecule has 0 aliphatic carbocycles. The van der Waals surface area contributed by atoms with Gasteiger partial charge in [0.1, 0.15) is 11.8 Å². The third kappa shape index (κ3) is 5.04. The number of anilines is 1. The van der Waals surface area contributed by atoms with Gasteiger partial charge in [-0.05, 0) is 69.7 Å². The van der Waals surface area contributed by atoms with E-state index in [1.54, 1.807) is 28.8 Å². The van der Waals surface area contributed by atoms with Crippen molar-refractivity contribution in [3.8, 4) is 5.75 Å². The number of aliphatic hydroxyl groups excluding tert-OH is 1. The lowest BCUT2D eigenvalue weighted by Gasteiger charge is -2.37. The number of fused-ring (bicyclic) bond motifs is 1. The molecule has 1 aromatic carbocycles. The van der Waals surface area contributed by atoms with Crippen LogP contribution in [0.5, 0.6) is 5.75 Å². The molecule has 9 heteroatoms. The zero-order chi connectivity index (χ0) is 27.7. The molecule has 0 saturated carbocycles. The molecule has 2 unspecified atom stereocenters. The number of hydrogen-bond donors (Lipinski definition) is 3. The molecule has 210 valence electrons.